The summed E-state index contributed by atoms with van der Waals surface area (Å²) in [5.41, 5.74) is 0.538. The number of ether oxygens (including phenoxy) is 1. The summed E-state index contributed by atoms with van der Waals surface area (Å²) in [6, 6.07) is 9.35. The minimum Gasteiger partial charge on any atom is -0.497 e. The van der Waals surface area contributed by atoms with Crippen LogP contribution in [0.1, 0.15) is 57.8 Å². The van der Waals surface area contributed by atoms with Crippen molar-refractivity contribution < 1.29 is 9.53 Å². The summed E-state index contributed by atoms with van der Waals surface area (Å²) < 4.78 is 5.31. The molecule has 0 aromatic heterocycles. The van der Waals surface area contributed by atoms with Gasteiger partial charge in [0.15, 0.2) is 0 Å². The lowest BCUT2D eigenvalue weighted by Gasteiger charge is -2.37. The van der Waals surface area contributed by atoms with Crippen LogP contribution in [0.15, 0.2) is 24.3 Å². The second-order valence-corrected chi connectivity index (χ2v) is 11.7. The third-order valence-corrected chi connectivity index (χ3v) is 10.7. The number of methoxy groups -OCH3 is 1. The number of rotatable bonds is 7. The van der Waals surface area contributed by atoms with Gasteiger partial charge in [-0.15, -0.1) is 0 Å². The first-order valence-electron chi connectivity index (χ1n) is 10.3. The lowest BCUT2D eigenvalue weighted by atomic mass is 10.0. The Labute approximate surface area is 154 Å². The van der Waals surface area contributed by atoms with E-state index in [2.05, 4.69) is 17.0 Å². The van der Waals surface area contributed by atoms with Gasteiger partial charge in [-0.3, -0.25) is 0 Å². The fraction of sp³-hybridized carbons (Fsp3) is 0.714. The summed E-state index contributed by atoms with van der Waals surface area (Å²) in [5.74, 6) is 0.886. The Kier molecular flexibility index (Phi) is 6.97. The lowest BCUT2D eigenvalue weighted by molar-refractivity contribution is 0.228. The van der Waals surface area contributed by atoms with Crippen LogP contribution in [0.5, 0.6) is 5.75 Å². The van der Waals surface area contributed by atoms with Crippen LogP contribution in [0, 0.1) is 0 Å². The Morgan fingerprint density at radius 2 is 1.64 bits per heavy atom. The molecule has 1 aromatic carbocycles. The van der Waals surface area contributed by atoms with E-state index < -0.39 is 8.32 Å². The van der Waals surface area contributed by atoms with Crippen molar-refractivity contribution in [3.63, 3.8) is 0 Å². The molecule has 1 atom stereocenters. The first kappa shape index (κ1) is 18.9. The van der Waals surface area contributed by atoms with Crippen LogP contribution in [-0.4, -0.2) is 44.8 Å². The van der Waals surface area contributed by atoms with Crippen LogP contribution < -0.4 is 9.92 Å². The van der Waals surface area contributed by atoms with Crippen molar-refractivity contribution in [3.8, 4) is 5.75 Å². The molecule has 0 bridgehead atoms. The first-order valence-corrected chi connectivity index (χ1v) is 12.5. The Hall–Kier alpha value is -0.843. The average Bonchev–Trinajstić information content (AvgIpc) is 2.69. The highest BCUT2D eigenvalue weighted by Crippen LogP contribution is 2.38. The number of benzene rings is 1. The van der Waals surface area contributed by atoms with Gasteiger partial charge in [0, 0.05) is 0 Å². The average molecular weight is 362 g/mol. The third kappa shape index (κ3) is 4.87. The van der Waals surface area contributed by atoms with Crippen molar-refractivity contribution in [2.45, 2.75) is 69.4 Å². The Morgan fingerprint density at radius 3 is 2.28 bits per heavy atom. The number of nitrogens with zero attached hydrogens (tertiary/aromatic N) is 1. The molecular weight excluding hydrogens is 326 g/mol. The molecule has 1 saturated carbocycles. The van der Waals surface area contributed by atoms with E-state index in [1.807, 2.05) is 12.1 Å². The fourth-order valence-electron chi connectivity index (χ4n) is 4.80. The first-order chi connectivity index (χ1) is 12.2. The number of piperidine rings is 1. The molecule has 2 fully saturated rings. The molecule has 1 saturated heterocycles. The van der Waals surface area contributed by atoms with Gasteiger partial charge in [0.1, 0.15) is 5.75 Å². The van der Waals surface area contributed by atoms with E-state index in [4.69, 9.17) is 4.74 Å². The SMILES string of the molecule is COc1ccc([Si@](O)(CCCN2CCCCC2)C2CCCCC2)cc1. The highest BCUT2D eigenvalue weighted by molar-refractivity contribution is 6.86. The minimum absolute atomic E-state index is 0.538. The van der Waals surface area contributed by atoms with Gasteiger partial charge < -0.3 is 14.4 Å². The molecule has 2 aliphatic rings. The number of hydrogen-bond donors (Lipinski definition) is 1. The zero-order valence-electron chi connectivity index (χ0n) is 15.9. The second-order valence-electron chi connectivity index (χ2n) is 7.99. The van der Waals surface area contributed by atoms with Crippen molar-refractivity contribution in [1.82, 2.24) is 4.90 Å². The standard InChI is InChI=1S/C21H35NO2Si/c1-24-19-11-13-21(14-12-19)25(23,20-9-4-2-5-10-20)18-8-17-22-15-6-3-7-16-22/h11-14,20,23H,2-10,15-18H2,1H3/t25-/m0/s1. The summed E-state index contributed by atoms with van der Waals surface area (Å²) in [6.45, 7) is 3.68. The maximum Gasteiger partial charge on any atom is 0.223 e. The van der Waals surface area contributed by atoms with Gasteiger partial charge in [-0.05, 0) is 67.8 Å². The highest BCUT2D eigenvalue weighted by atomic mass is 28.4. The summed E-state index contributed by atoms with van der Waals surface area (Å²) in [5, 5.41) is 1.22. The maximum atomic E-state index is 11.9. The molecule has 0 amide bonds. The molecule has 1 aliphatic carbocycles. The van der Waals surface area contributed by atoms with E-state index in [1.165, 1.54) is 69.6 Å². The Bertz CT molecular complexity index is 509. The van der Waals surface area contributed by atoms with Gasteiger partial charge in [0.2, 0.25) is 8.32 Å². The molecule has 0 radical (unpaired) electrons. The van der Waals surface area contributed by atoms with Crippen LogP contribution in [0.25, 0.3) is 0 Å². The highest BCUT2D eigenvalue weighted by Gasteiger charge is 2.41. The zero-order chi connectivity index (χ0) is 17.5. The van der Waals surface area contributed by atoms with Crippen LogP contribution >= 0.6 is 0 Å². The molecule has 0 spiro atoms. The predicted octanol–water partition coefficient (Wildman–Crippen LogP) is 4.05. The zero-order valence-corrected chi connectivity index (χ0v) is 16.9. The summed E-state index contributed by atoms with van der Waals surface area (Å²) in [4.78, 5) is 14.5. The molecular formula is C21H35NO2Si. The Morgan fingerprint density at radius 1 is 1.00 bits per heavy atom. The van der Waals surface area contributed by atoms with Crippen molar-refractivity contribution in [3.05, 3.63) is 24.3 Å². The summed E-state index contributed by atoms with van der Waals surface area (Å²) >= 11 is 0. The number of likely N-dealkylation sites (tertiary alicyclic amines) is 1. The molecule has 3 nitrogen and oxygen atoms in total. The molecule has 0 unspecified atom stereocenters. The maximum absolute atomic E-state index is 11.9. The van der Waals surface area contributed by atoms with E-state index in [-0.39, 0.29) is 0 Å². The van der Waals surface area contributed by atoms with E-state index in [1.54, 1.807) is 7.11 Å². The molecule has 1 aromatic rings. The van der Waals surface area contributed by atoms with Crippen molar-refractivity contribution in [2.75, 3.05) is 26.7 Å². The normalized spacial score (nSPS) is 22.5. The van der Waals surface area contributed by atoms with E-state index in [0.717, 1.165) is 24.8 Å². The van der Waals surface area contributed by atoms with Crippen LogP contribution in [0.4, 0.5) is 0 Å². The van der Waals surface area contributed by atoms with Crippen LogP contribution in [0.2, 0.25) is 11.6 Å². The fourth-order valence-corrected chi connectivity index (χ4v) is 8.77. The van der Waals surface area contributed by atoms with E-state index in [9.17, 15) is 4.80 Å². The summed E-state index contributed by atoms with van der Waals surface area (Å²) in [7, 11) is -0.720. The van der Waals surface area contributed by atoms with Crippen LogP contribution in [0.3, 0.4) is 0 Å². The van der Waals surface area contributed by atoms with Gasteiger partial charge in [0.05, 0.1) is 7.11 Å². The van der Waals surface area contributed by atoms with Gasteiger partial charge in [-0.1, -0.05) is 50.7 Å². The van der Waals surface area contributed by atoms with E-state index in [0.29, 0.717) is 5.54 Å². The van der Waals surface area contributed by atoms with Gasteiger partial charge in [0.25, 0.3) is 0 Å². The molecule has 140 valence electrons. The molecule has 25 heavy (non-hydrogen) atoms. The monoisotopic (exact) mass is 361 g/mol. The second kappa shape index (κ2) is 9.20. The van der Waals surface area contributed by atoms with Gasteiger partial charge in [-0.2, -0.15) is 0 Å². The third-order valence-electron chi connectivity index (χ3n) is 6.35. The molecule has 4 heteroatoms. The van der Waals surface area contributed by atoms with Crippen LogP contribution in [-0.2, 0) is 0 Å². The molecule has 1 heterocycles. The van der Waals surface area contributed by atoms with Gasteiger partial charge >= 0.3 is 0 Å². The van der Waals surface area contributed by atoms with Gasteiger partial charge in [-0.25, -0.2) is 0 Å². The van der Waals surface area contributed by atoms with Crippen molar-refractivity contribution in [1.29, 1.82) is 0 Å². The molecule has 1 N–H and O–H groups in total. The topological polar surface area (TPSA) is 32.7 Å². The van der Waals surface area contributed by atoms with E-state index >= 15 is 0 Å². The smallest absolute Gasteiger partial charge is 0.223 e. The molecule has 3 rings (SSSR count). The quantitative estimate of drug-likeness (QED) is 0.744. The largest absolute Gasteiger partial charge is 0.497 e. The van der Waals surface area contributed by atoms with Crippen molar-refractivity contribution in [2.24, 2.45) is 0 Å². The molecule has 1 aliphatic heterocycles. The Balaban J connectivity index is 1.68. The minimum atomic E-state index is -2.43. The lowest BCUT2D eigenvalue weighted by Crippen LogP contribution is -2.53. The predicted molar refractivity (Wildman–Crippen MR) is 107 cm³/mol. The summed E-state index contributed by atoms with van der Waals surface area (Å²) in [6.07, 6.45) is 11.6. The number of hydrogen-bond acceptors (Lipinski definition) is 3. The van der Waals surface area contributed by atoms with Crippen molar-refractivity contribution >= 4 is 13.5 Å².